The lowest BCUT2D eigenvalue weighted by molar-refractivity contribution is -0.126. The number of nitrogens with two attached hydrogens (primary N) is 1. The molecule has 0 atom stereocenters. The molecule has 0 heterocycles. The fourth-order valence-corrected chi connectivity index (χ4v) is 1.44. The molecule has 1 aromatic carbocycles. The normalized spacial score (nSPS) is 9.84. The topological polar surface area (TPSA) is 84.7 Å². The van der Waals surface area contributed by atoms with Gasteiger partial charge in [0.1, 0.15) is 0 Å². The van der Waals surface area contributed by atoms with Gasteiger partial charge in [0.05, 0.1) is 30.1 Å². The average molecular weight is 265 g/mol. The summed E-state index contributed by atoms with van der Waals surface area (Å²) in [6.45, 7) is 2.13. The minimum absolute atomic E-state index is 0.0825. The van der Waals surface area contributed by atoms with Gasteiger partial charge in [-0.2, -0.15) is 0 Å². The van der Waals surface area contributed by atoms with Crippen molar-refractivity contribution in [2.24, 2.45) is 0 Å². The Bertz CT molecular complexity index is 472. The van der Waals surface area contributed by atoms with Crippen molar-refractivity contribution in [3.8, 4) is 0 Å². The van der Waals surface area contributed by atoms with Gasteiger partial charge in [-0.3, -0.25) is 4.79 Å². The van der Waals surface area contributed by atoms with E-state index in [1.54, 1.807) is 39.2 Å². The van der Waals surface area contributed by atoms with Gasteiger partial charge in [0.2, 0.25) is 5.91 Å². The number of carbonyl (C=O) groups excluding carboxylic acids is 2. The molecule has 0 fully saturated rings. The molecule has 0 aliphatic heterocycles. The predicted octanol–water partition coefficient (Wildman–Crippen LogP) is 0.946. The second-order valence-corrected chi connectivity index (χ2v) is 4.13. The van der Waals surface area contributed by atoms with E-state index in [9.17, 15) is 9.59 Å². The lowest BCUT2D eigenvalue weighted by atomic mass is 10.1. The lowest BCUT2D eigenvalue weighted by Gasteiger charge is -2.14. The van der Waals surface area contributed by atoms with Crippen LogP contribution >= 0.6 is 0 Å². The third-order valence-electron chi connectivity index (χ3n) is 2.53. The van der Waals surface area contributed by atoms with E-state index in [0.29, 0.717) is 11.3 Å². The third-order valence-corrected chi connectivity index (χ3v) is 2.53. The molecule has 0 saturated carbocycles. The molecule has 19 heavy (non-hydrogen) atoms. The maximum absolute atomic E-state index is 11.7. The standard InChI is InChI=1S/C13H19N3O3/c1-4-19-13(18)9-6-5-7-10(12(9)14)15-8-11(17)16(2)3/h5-7,15H,4,8,14H2,1-3H3. The van der Waals surface area contributed by atoms with Crippen molar-refractivity contribution >= 4 is 23.3 Å². The van der Waals surface area contributed by atoms with Gasteiger partial charge in [-0.1, -0.05) is 6.07 Å². The number of nitrogens with zero attached hydrogens (tertiary/aromatic N) is 1. The number of benzene rings is 1. The van der Waals surface area contributed by atoms with Gasteiger partial charge in [0.25, 0.3) is 0 Å². The van der Waals surface area contributed by atoms with Crippen LogP contribution in [0.15, 0.2) is 18.2 Å². The molecule has 0 aliphatic rings. The van der Waals surface area contributed by atoms with Crippen LogP contribution in [0.5, 0.6) is 0 Å². The molecule has 0 radical (unpaired) electrons. The van der Waals surface area contributed by atoms with Gasteiger partial charge in [-0.15, -0.1) is 0 Å². The van der Waals surface area contributed by atoms with Gasteiger partial charge < -0.3 is 20.7 Å². The number of ether oxygens (including phenoxy) is 1. The number of anilines is 2. The molecule has 104 valence electrons. The highest BCUT2D eigenvalue weighted by Gasteiger charge is 2.14. The number of para-hydroxylation sites is 1. The number of rotatable bonds is 5. The molecule has 0 aromatic heterocycles. The molecule has 6 heteroatoms. The van der Waals surface area contributed by atoms with Crippen molar-refractivity contribution in [1.82, 2.24) is 4.90 Å². The first kappa shape index (κ1) is 14.8. The molecular formula is C13H19N3O3. The van der Waals surface area contributed by atoms with E-state index in [1.807, 2.05) is 0 Å². The van der Waals surface area contributed by atoms with E-state index >= 15 is 0 Å². The zero-order chi connectivity index (χ0) is 14.4. The number of carbonyl (C=O) groups is 2. The second-order valence-electron chi connectivity index (χ2n) is 4.13. The highest BCUT2D eigenvalue weighted by atomic mass is 16.5. The number of nitrogen functional groups attached to an aromatic ring is 1. The molecule has 0 spiro atoms. The summed E-state index contributed by atoms with van der Waals surface area (Å²) in [6.07, 6.45) is 0. The molecule has 0 bridgehead atoms. The highest BCUT2D eigenvalue weighted by Crippen LogP contribution is 2.23. The summed E-state index contributed by atoms with van der Waals surface area (Å²) in [5.41, 5.74) is 7.01. The zero-order valence-corrected chi connectivity index (χ0v) is 11.4. The summed E-state index contributed by atoms with van der Waals surface area (Å²) >= 11 is 0. The van der Waals surface area contributed by atoms with Crippen LogP contribution in [0.3, 0.4) is 0 Å². The van der Waals surface area contributed by atoms with Crippen molar-refractivity contribution in [2.75, 3.05) is 38.3 Å². The van der Waals surface area contributed by atoms with Crippen LogP contribution in [0.1, 0.15) is 17.3 Å². The molecule has 0 aliphatic carbocycles. The number of amides is 1. The van der Waals surface area contributed by atoms with Crippen molar-refractivity contribution < 1.29 is 14.3 Å². The van der Waals surface area contributed by atoms with Crippen LogP contribution in [0.2, 0.25) is 0 Å². The first-order valence-electron chi connectivity index (χ1n) is 5.97. The predicted molar refractivity (Wildman–Crippen MR) is 74.0 cm³/mol. The molecule has 1 aromatic rings. The van der Waals surface area contributed by atoms with Crippen molar-refractivity contribution in [3.63, 3.8) is 0 Å². The van der Waals surface area contributed by atoms with Crippen molar-refractivity contribution in [2.45, 2.75) is 6.92 Å². The molecule has 3 N–H and O–H groups in total. The highest BCUT2D eigenvalue weighted by molar-refractivity contribution is 5.98. The van der Waals surface area contributed by atoms with Crippen molar-refractivity contribution in [3.05, 3.63) is 23.8 Å². The summed E-state index contributed by atoms with van der Waals surface area (Å²) in [7, 11) is 3.34. The van der Waals surface area contributed by atoms with Gasteiger partial charge in [0.15, 0.2) is 0 Å². The third kappa shape index (κ3) is 3.87. The SMILES string of the molecule is CCOC(=O)c1cccc(NCC(=O)N(C)C)c1N. The van der Waals surface area contributed by atoms with Crippen LogP contribution in [0.25, 0.3) is 0 Å². The van der Waals surface area contributed by atoms with Crippen molar-refractivity contribution in [1.29, 1.82) is 0 Å². The Morgan fingerprint density at radius 2 is 2.05 bits per heavy atom. The number of nitrogens with one attached hydrogen (secondary N) is 1. The Morgan fingerprint density at radius 3 is 2.63 bits per heavy atom. The van der Waals surface area contributed by atoms with Gasteiger partial charge in [-0.25, -0.2) is 4.79 Å². The summed E-state index contributed by atoms with van der Waals surface area (Å²) in [4.78, 5) is 24.6. The van der Waals surface area contributed by atoms with Gasteiger partial charge >= 0.3 is 5.97 Å². The summed E-state index contributed by atoms with van der Waals surface area (Å²) in [5, 5.41) is 2.91. The quantitative estimate of drug-likeness (QED) is 0.611. The minimum atomic E-state index is -0.470. The number of hydrogen-bond acceptors (Lipinski definition) is 5. The zero-order valence-electron chi connectivity index (χ0n) is 11.4. The average Bonchev–Trinajstić information content (AvgIpc) is 2.37. The van der Waals surface area contributed by atoms with Crippen LogP contribution in [-0.4, -0.2) is 44.0 Å². The molecule has 0 saturated heterocycles. The van der Waals surface area contributed by atoms with Crippen LogP contribution in [0, 0.1) is 0 Å². The van der Waals surface area contributed by atoms with Gasteiger partial charge in [0, 0.05) is 14.1 Å². The largest absolute Gasteiger partial charge is 0.462 e. The maximum Gasteiger partial charge on any atom is 0.340 e. The van der Waals surface area contributed by atoms with Crippen LogP contribution in [0.4, 0.5) is 11.4 Å². The summed E-state index contributed by atoms with van der Waals surface area (Å²) in [5.74, 6) is -0.552. The molecular weight excluding hydrogens is 246 g/mol. The van der Waals surface area contributed by atoms with E-state index in [1.165, 1.54) is 4.90 Å². The Kier molecular flexibility index (Phi) is 5.17. The van der Waals surface area contributed by atoms with E-state index in [4.69, 9.17) is 10.5 Å². The Morgan fingerprint density at radius 1 is 1.37 bits per heavy atom. The van der Waals surface area contributed by atoms with E-state index in [-0.39, 0.29) is 24.7 Å². The Balaban J connectivity index is 2.83. The smallest absolute Gasteiger partial charge is 0.340 e. The fraction of sp³-hybridized carbons (Fsp3) is 0.385. The number of esters is 1. The number of hydrogen-bond donors (Lipinski definition) is 2. The first-order chi connectivity index (χ1) is 8.97. The second kappa shape index (κ2) is 6.63. The fourth-order valence-electron chi connectivity index (χ4n) is 1.44. The van der Waals surface area contributed by atoms with Crippen LogP contribution in [-0.2, 0) is 9.53 Å². The molecule has 1 amide bonds. The molecule has 0 unspecified atom stereocenters. The minimum Gasteiger partial charge on any atom is -0.462 e. The monoisotopic (exact) mass is 265 g/mol. The van der Waals surface area contributed by atoms with E-state index in [0.717, 1.165) is 0 Å². The van der Waals surface area contributed by atoms with E-state index in [2.05, 4.69) is 5.32 Å². The lowest BCUT2D eigenvalue weighted by Crippen LogP contribution is -2.28. The Hall–Kier alpha value is -2.24. The maximum atomic E-state index is 11.7. The summed E-state index contributed by atoms with van der Waals surface area (Å²) in [6, 6.07) is 4.98. The summed E-state index contributed by atoms with van der Waals surface area (Å²) < 4.78 is 4.91. The Labute approximate surface area is 112 Å². The molecule has 1 rings (SSSR count). The van der Waals surface area contributed by atoms with Crippen LogP contribution < -0.4 is 11.1 Å². The van der Waals surface area contributed by atoms with E-state index < -0.39 is 5.97 Å². The number of likely N-dealkylation sites (N-methyl/N-ethyl adjacent to an activating group) is 1. The molecule has 6 nitrogen and oxygen atoms in total. The van der Waals surface area contributed by atoms with Gasteiger partial charge in [-0.05, 0) is 19.1 Å². The first-order valence-corrected chi connectivity index (χ1v) is 5.97.